The van der Waals surface area contributed by atoms with Crippen LogP contribution in [0, 0.1) is 6.07 Å². The molecule has 336 valence electrons. The minimum absolute atomic E-state index is 0. The van der Waals surface area contributed by atoms with Crippen LogP contribution in [0.2, 0.25) is 0 Å². The molecule has 0 bridgehead atoms. The normalized spacial score (nSPS) is 10.8. The Morgan fingerprint density at radius 2 is 1.07 bits per heavy atom. The first-order valence-electron chi connectivity index (χ1n) is 17.9. The first-order chi connectivity index (χ1) is 30.9. The van der Waals surface area contributed by atoms with Crippen LogP contribution in [-0.4, -0.2) is 89.8 Å². The fourth-order valence-corrected chi connectivity index (χ4v) is 6.95. The van der Waals surface area contributed by atoms with Gasteiger partial charge in [-0.2, -0.15) is 56.8 Å². The van der Waals surface area contributed by atoms with E-state index in [1.807, 2.05) is 0 Å². The third-order valence-corrected chi connectivity index (χ3v) is 10.2. The number of aromatic nitrogens is 6. The predicted molar refractivity (Wildman–Crippen MR) is 223 cm³/mol. The summed E-state index contributed by atoms with van der Waals surface area (Å²) >= 11 is 1.18. The van der Waals surface area contributed by atoms with Crippen molar-refractivity contribution in [2.45, 2.75) is 14.7 Å². The molecule has 8 N–H and O–H groups in total. The Balaban J connectivity index is 0.00000397. The Morgan fingerprint density at radius 1 is 0.618 bits per heavy atom. The van der Waals surface area contributed by atoms with E-state index in [0.717, 1.165) is 6.07 Å². The third kappa shape index (κ3) is 19.0. The maximum absolute atomic E-state index is 12.5. The zero-order chi connectivity index (χ0) is 45.5. The number of nitrogens with one attached hydrogen (secondary N) is 4. The van der Waals surface area contributed by atoms with Crippen LogP contribution in [0.1, 0.15) is 11.1 Å². The van der Waals surface area contributed by atoms with Crippen molar-refractivity contribution in [1.29, 1.82) is 0 Å². The number of rotatable bonds is 23. The molecule has 68 heavy (non-hydrogen) atoms. The molecule has 6 rings (SSSR count). The van der Waals surface area contributed by atoms with Crippen molar-refractivity contribution in [2.75, 3.05) is 57.7 Å². The molecule has 2 heterocycles. The fourth-order valence-electron chi connectivity index (χ4n) is 5.39. The smallest absolute Gasteiger partial charge is 0.744 e. The van der Waals surface area contributed by atoms with Crippen molar-refractivity contribution in [3.63, 3.8) is 0 Å². The molecule has 0 aliphatic heterocycles. The van der Waals surface area contributed by atoms with Gasteiger partial charge in [0, 0.05) is 39.9 Å². The van der Waals surface area contributed by atoms with E-state index in [2.05, 4.69) is 76.0 Å². The SMILES string of the molecule is O=S(=O)([O-])c1cc(Nc2nc(Nc3ccc(SOO[O-])cc3)nc(N(O)O)n2)ccc1/C=C/c1ccc(Nc2nc(Nc3cc[c-]cc3)nc(N(CCO)CCO)n2)cc1SOO[O-].[Na+].[Na+].[Na+].[Na+]. The van der Waals surface area contributed by atoms with Gasteiger partial charge in [-0.3, -0.25) is 20.5 Å². The zero-order valence-corrected chi connectivity index (χ0v) is 46.8. The van der Waals surface area contributed by atoms with E-state index in [-0.39, 0.29) is 196 Å². The fraction of sp³-hybridized carbons (Fsp3) is 0.111. The quantitative estimate of drug-likeness (QED) is 0.00562. The standard InChI is InChI=1S/C36H35N12O13S3.4Na/c49-18-16-47(17-19-50)35-43-31(37-24-4-2-1-3-5-24)41-33(44-35)39-26-10-8-22(29(20-26)63-61-59-54)6-7-23-9-11-27(21-30(23)64(55,56)57)40-34-42-32(45-36(46-34)48(51)52)38-25-12-14-28(15-13-25)62-60-58-53;;;;/h2-15,20-21,49-54H,16-19H2,(H,55,56,57)(H2,37,39,41,43,44)(H2,38,40,42,45,46);;;;/q-1;4*+1/p-3/b7-6+;;;;. The van der Waals surface area contributed by atoms with Crippen molar-refractivity contribution in [1.82, 2.24) is 29.9 Å². The van der Waals surface area contributed by atoms with E-state index < -0.39 is 21.0 Å². The molecule has 0 saturated heterocycles. The van der Waals surface area contributed by atoms with Gasteiger partial charge in [0.2, 0.25) is 29.7 Å². The second-order valence-corrected chi connectivity index (χ2v) is 15.2. The summed E-state index contributed by atoms with van der Waals surface area (Å²) in [6.45, 7) is -0.283. The largest absolute Gasteiger partial charge is 1.00 e. The monoisotopic (exact) mass is 1030 g/mol. The third-order valence-electron chi connectivity index (χ3n) is 8.09. The minimum Gasteiger partial charge on any atom is -0.744 e. The molecule has 0 saturated carbocycles. The van der Waals surface area contributed by atoms with Crippen LogP contribution in [-0.2, 0) is 28.9 Å². The van der Waals surface area contributed by atoms with Crippen LogP contribution in [0.15, 0.2) is 99.6 Å². The summed E-state index contributed by atoms with van der Waals surface area (Å²) in [5.41, 5.74) is 1.76. The van der Waals surface area contributed by atoms with Crippen molar-refractivity contribution >= 4 is 105 Å². The van der Waals surface area contributed by atoms with Gasteiger partial charge in [0.1, 0.15) is 10.1 Å². The molecular weight excluding hydrogens is 997 g/mol. The number of hydrogen-bond acceptors (Lipinski definition) is 27. The molecule has 0 amide bonds. The molecule has 2 aromatic heterocycles. The molecule has 6 aromatic rings. The van der Waals surface area contributed by atoms with Crippen molar-refractivity contribution < 1.29 is 181 Å². The molecule has 0 atom stereocenters. The zero-order valence-electron chi connectivity index (χ0n) is 36.3. The summed E-state index contributed by atoms with van der Waals surface area (Å²) in [5, 5.41) is 77.7. The number of nitrogens with zero attached hydrogens (tertiary/aromatic N) is 8. The molecule has 32 heteroatoms. The van der Waals surface area contributed by atoms with E-state index >= 15 is 0 Å². The molecule has 0 radical (unpaired) electrons. The minimum atomic E-state index is -5.13. The maximum Gasteiger partial charge on any atom is 1.00 e. The number of hydrogen-bond donors (Lipinski definition) is 8. The van der Waals surface area contributed by atoms with Crippen LogP contribution in [0.3, 0.4) is 0 Å². The molecule has 0 unspecified atom stereocenters. The summed E-state index contributed by atoms with van der Waals surface area (Å²) in [7, 11) is -5.13. The van der Waals surface area contributed by atoms with Crippen LogP contribution in [0.5, 0.6) is 0 Å². The Hall–Kier alpha value is -2.35. The van der Waals surface area contributed by atoms with Crippen molar-refractivity contribution in [2.24, 2.45) is 0 Å². The van der Waals surface area contributed by atoms with Gasteiger partial charge >= 0.3 is 118 Å². The van der Waals surface area contributed by atoms with E-state index in [1.165, 1.54) is 30.4 Å². The van der Waals surface area contributed by atoms with Gasteiger partial charge in [-0.15, -0.1) is 12.1 Å². The first-order valence-corrected chi connectivity index (χ1v) is 20.8. The summed E-state index contributed by atoms with van der Waals surface area (Å²) in [4.78, 5) is 27.0. The van der Waals surface area contributed by atoms with Gasteiger partial charge in [0.15, 0.2) is 0 Å². The second-order valence-electron chi connectivity index (χ2n) is 12.3. The van der Waals surface area contributed by atoms with Gasteiger partial charge < -0.3 is 51.4 Å². The van der Waals surface area contributed by atoms with E-state index in [9.17, 15) is 44.1 Å². The Labute approximate surface area is 484 Å². The van der Waals surface area contributed by atoms with E-state index in [0.29, 0.717) is 51.6 Å². The molecule has 0 aliphatic rings. The molecular formula is C36H32N12Na4O13S3. The number of aliphatic hydroxyl groups is 2. The van der Waals surface area contributed by atoms with Gasteiger partial charge in [-0.25, -0.2) is 8.42 Å². The molecule has 0 spiro atoms. The Morgan fingerprint density at radius 3 is 1.59 bits per heavy atom. The molecule has 0 aliphatic carbocycles. The second kappa shape index (κ2) is 31.2. The first kappa shape index (κ1) is 61.8. The van der Waals surface area contributed by atoms with E-state index in [4.69, 9.17) is 0 Å². The average Bonchev–Trinajstić information content (AvgIpc) is 3.27. The molecule has 25 nitrogen and oxygen atoms in total. The van der Waals surface area contributed by atoms with E-state index in [1.54, 1.807) is 65.6 Å². The topological polar surface area (TPSA) is 353 Å². The molecule has 4 aromatic carbocycles. The van der Waals surface area contributed by atoms with Gasteiger partial charge in [-0.05, 0) is 59.7 Å². The van der Waals surface area contributed by atoms with Crippen LogP contribution >= 0.6 is 24.1 Å². The molecule has 0 fully saturated rings. The Kier molecular flexibility index (Phi) is 28.3. The van der Waals surface area contributed by atoms with Gasteiger partial charge in [0.05, 0.1) is 42.2 Å². The Bertz CT molecular complexity index is 2640. The summed E-state index contributed by atoms with van der Waals surface area (Å²) in [6, 6.07) is 24.4. The van der Waals surface area contributed by atoms with Crippen molar-refractivity contribution in [3.05, 3.63) is 102 Å². The van der Waals surface area contributed by atoms with Crippen LogP contribution in [0.4, 0.5) is 58.4 Å². The van der Waals surface area contributed by atoms with Crippen molar-refractivity contribution in [3.8, 4) is 0 Å². The predicted octanol–water partition coefficient (Wildman–Crippen LogP) is -9.24. The summed E-state index contributed by atoms with van der Waals surface area (Å²) < 4.78 is 46.5. The maximum atomic E-state index is 12.5. The average molecular weight is 1030 g/mol. The number of anilines is 10. The summed E-state index contributed by atoms with van der Waals surface area (Å²) in [6.07, 6.45) is 2.78. The van der Waals surface area contributed by atoms with Crippen LogP contribution in [0.25, 0.3) is 12.2 Å². The van der Waals surface area contributed by atoms with Gasteiger partial charge in [-0.1, -0.05) is 35.2 Å². The van der Waals surface area contributed by atoms with Crippen LogP contribution < -0.4 is 160 Å². The van der Waals surface area contributed by atoms with Gasteiger partial charge in [0.25, 0.3) is 5.95 Å². The summed E-state index contributed by atoms with van der Waals surface area (Å²) in [5.74, 6) is -0.827. The number of aliphatic hydroxyl groups excluding tert-OH is 2. The number of benzene rings is 4.